The highest BCUT2D eigenvalue weighted by Crippen LogP contribution is 2.22. The molecule has 1 fully saturated rings. The summed E-state index contributed by atoms with van der Waals surface area (Å²) in [7, 11) is 2.16. The van der Waals surface area contributed by atoms with Crippen LogP contribution < -0.4 is 10.5 Å². The molecule has 1 aliphatic heterocycles. The van der Waals surface area contributed by atoms with E-state index in [0.717, 1.165) is 12.1 Å². The summed E-state index contributed by atoms with van der Waals surface area (Å²) in [5, 5.41) is 0. The van der Waals surface area contributed by atoms with Crippen LogP contribution in [0.25, 0.3) is 0 Å². The van der Waals surface area contributed by atoms with E-state index in [4.69, 9.17) is 10.5 Å². The van der Waals surface area contributed by atoms with Gasteiger partial charge in [-0.15, -0.1) is 0 Å². The third kappa shape index (κ3) is 3.21. The van der Waals surface area contributed by atoms with Crippen molar-refractivity contribution in [1.29, 1.82) is 0 Å². The van der Waals surface area contributed by atoms with Crippen molar-refractivity contribution in [2.24, 2.45) is 5.73 Å². The molecule has 2 N–H and O–H groups in total. The van der Waals surface area contributed by atoms with Crippen molar-refractivity contribution in [2.45, 2.75) is 38.3 Å². The van der Waals surface area contributed by atoms with Crippen molar-refractivity contribution >= 4 is 0 Å². The van der Waals surface area contributed by atoms with Crippen LogP contribution in [0.3, 0.4) is 0 Å². The quantitative estimate of drug-likeness (QED) is 0.886. The molecule has 0 radical (unpaired) electrons. The molecule has 0 saturated carbocycles. The van der Waals surface area contributed by atoms with Crippen LogP contribution in [-0.4, -0.2) is 36.1 Å². The molecule has 1 aromatic heterocycles. The number of nitrogens with zero attached hydrogens (tertiary/aromatic N) is 2. The van der Waals surface area contributed by atoms with E-state index in [1.807, 2.05) is 19.1 Å². The van der Waals surface area contributed by atoms with E-state index in [9.17, 15) is 0 Å². The number of piperidine rings is 1. The SMILES string of the molecule is C[C@@H](N)c1cccnc1OCC1CCCCN1C. The summed E-state index contributed by atoms with van der Waals surface area (Å²) in [6.45, 7) is 3.82. The van der Waals surface area contributed by atoms with Gasteiger partial charge in [-0.25, -0.2) is 4.98 Å². The first-order valence-corrected chi connectivity index (χ1v) is 6.72. The summed E-state index contributed by atoms with van der Waals surface area (Å²) < 4.78 is 5.88. The van der Waals surface area contributed by atoms with E-state index < -0.39 is 0 Å². The molecule has 1 aliphatic rings. The Labute approximate surface area is 109 Å². The summed E-state index contributed by atoms with van der Waals surface area (Å²) in [5.74, 6) is 0.687. The number of likely N-dealkylation sites (N-methyl/N-ethyl adjacent to an activating group) is 1. The van der Waals surface area contributed by atoms with Gasteiger partial charge in [0, 0.05) is 23.8 Å². The molecule has 18 heavy (non-hydrogen) atoms. The third-order valence-corrected chi connectivity index (χ3v) is 3.63. The van der Waals surface area contributed by atoms with Gasteiger partial charge in [0.15, 0.2) is 0 Å². The van der Waals surface area contributed by atoms with Crippen LogP contribution in [0.4, 0.5) is 0 Å². The lowest BCUT2D eigenvalue weighted by Gasteiger charge is -2.32. The smallest absolute Gasteiger partial charge is 0.218 e. The molecular formula is C14H23N3O. The van der Waals surface area contributed by atoms with Gasteiger partial charge in [0.05, 0.1) is 0 Å². The molecule has 2 rings (SSSR count). The summed E-state index contributed by atoms with van der Waals surface area (Å²) in [5.41, 5.74) is 6.90. The average molecular weight is 249 g/mol. The molecule has 0 spiro atoms. The maximum absolute atomic E-state index is 5.92. The molecule has 4 nitrogen and oxygen atoms in total. The van der Waals surface area contributed by atoms with Crippen LogP contribution in [0.2, 0.25) is 0 Å². The molecule has 4 heteroatoms. The second kappa shape index (κ2) is 6.16. The third-order valence-electron chi connectivity index (χ3n) is 3.63. The molecule has 0 bridgehead atoms. The highest BCUT2D eigenvalue weighted by molar-refractivity contribution is 5.28. The molecule has 0 aromatic carbocycles. The van der Waals surface area contributed by atoms with Gasteiger partial charge in [0.25, 0.3) is 0 Å². The fourth-order valence-corrected chi connectivity index (χ4v) is 2.40. The lowest BCUT2D eigenvalue weighted by Crippen LogP contribution is -2.40. The Hall–Kier alpha value is -1.13. The highest BCUT2D eigenvalue weighted by Gasteiger charge is 2.20. The maximum Gasteiger partial charge on any atom is 0.218 e. The van der Waals surface area contributed by atoms with Gasteiger partial charge in [-0.2, -0.15) is 0 Å². The predicted molar refractivity (Wildman–Crippen MR) is 72.6 cm³/mol. The van der Waals surface area contributed by atoms with Crippen molar-refractivity contribution < 1.29 is 4.74 Å². The minimum atomic E-state index is -0.0437. The number of ether oxygens (including phenoxy) is 1. The number of hydrogen-bond acceptors (Lipinski definition) is 4. The summed E-state index contributed by atoms with van der Waals surface area (Å²) in [6.07, 6.45) is 5.55. The van der Waals surface area contributed by atoms with Crippen molar-refractivity contribution in [2.75, 3.05) is 20.2 Å². The zero-order valence-electron chi connectivity index (χ0n) is 11.3. The van der Waals surface area contributed by atoms with Crippen LogP contribution >= 0.6 is 0 Å². The number of pyridine rings is 1. The Bertz CT molecular complexity index is 381. The van der Waals surface area contributed by atoms with Crippen molar-refractivity contribution in [1.82, 2.24) is 9.88 Å². The number of nitrogens with two attached hydrogens (primary N) is 1. The largest absolute Gasteiger partial charge is 0.476 e. The second-order valence-electron chi connectivity index (χ2n) is 5.13. The molecule has 0 aliphatic carbocycles. The van der Waals surface area contributed by atoms with Crippen molar-refractivity contribution in [3.05, 3.63) is 23.9 Å². The number of rotatable bonds is 4. The lowest BCUT2D eigenvalue weighted by atomic mass is 10.0. The zero-order valence-corrected chi connectivity index (χ0v) is 11.3. The molecule has 2 atom stereocenters. The van der Waals surface area contributed by atoms with E-state index >= 15 is 0 Å². The molecule has 0 amide bonds. The molecule has 1 unspecified atom stereocenters. The molecular weight excluding hydrogens is 226 g/mol. The molecule has 1 saturated heterocycles. The Morgan fingerprint density at radius 1 is 1.56 bits per heavy atom. The normalized spacial score (nSPS) is 22.7. The molecule has 1 aromatic rings. The predicted octanol–water partition coefficient (Wildman–Crippen LogP) is 1.96. The summed E-state index contributed by atoms with van der Waals surface area (Å²) >= 11 is 0. The van der Waals surface area contributed by atoms with E-state index in [0.29, 0.717) is 18.5 Å². The van der Waals surface area contributed by atoms with E-state index in [1.54, 1.807) is 6.20 Å². The van der Waals surface area contributed by atoms with Gasteiger partial charge < -0.3 is 15.4 Å². The van der Waals surface area contributed by atoms with Gasteiger partial charge in [-0.1, -0.05) is 12.5 Å². The number of aromatic nitrogens is 1. The maximum atomic E-state index is 5.92. The van der Waals surface area contributed by atoms with Gasteiger partial charge in [-0.05, 0) is 39.4 Å². The lowest BCUT2D eigenvalue weighted by molar-refractivity contribution is 0.122. The first kappa shape index (κ1) is 13.3. The fraction of sp³-hybridized carbons (Fsp3) is 0.643. The van der Waals surface area contributed by atoms with E-state index in [-0.39, 0.29) is 6.04 Å². The minimum Gasteiger partial charge on any atom is -0.476 e. The standard InChI is InChI=1S/C14H23N3O/c1-11(15)13-7-5-8-16-14(13)18-10-12-6-3-4-9-17(12)2/h5,7-8,11-12H,3-4,6,9-10,15H2,1-2H3/t11-,12?/m1/s1. The van der Waals surface area contributed by atoms with Crippen LogP contribution in [0.15, 0.2) is 18.3 Å². The van der Waals surface area contributed by atoms with Crippen LogP contribution in [-0.2, 0) is 0 Å². The van der Waals surface area contributed by atoms with Gasteiger partial charge in [0.1, 0.15) is 6.61 Å². The highest BCUT2D eigenvalue weighted by atomic mass is 16.5. The fourth-order valence-electron chi connectivity index (χ4n) is 2.40. The first-order chi connectivity index (χ1) is 8.68. The Kier molecular flexibility index (Phi) is 4.55. The summed E-state index contributed by atoms with van der Waals surface area (Å²) in [6, 6.07) is 4.34. The molecule has 100 valence electrons. The Morgan fingerprint density at radius 2 is 2.39 bits per heavy atom. The van der Waals surface area contributed by atoms with Crippen LogP contribution in [0.1, 0.15) is 37.8 Å². The van der Waals surface area contributed by atoms with Crippen molar-refractivity contribution in [3.63, 3.8) is 0 Å². The van der Waals surface area contributed by atoms with E-state index in [2.05, 4.69) is 16.9 Å². The number of likely N-dealkylation sites (tertiary alicyclic amines) is 1. The average Bonchev–Trinajstić information content (AvgIpc) is 2.38. The zero-order chi connectivity index (χ0) is 13.0. The van der Waals surface area contributed by atoms with Gasteiger partial charge in [0.2, 0.25) is 5.88 Å². The van der Waals surface area contributed by atoms with Gasteiger partial charge >= 0.3 is 0 Å². The summed E-state index contributed by atoms with van der Waals surface area (Å²) in [4.78, 5) is 6.66. The first-order valence-electron chi connectivity index (χ1n) is 6.72. The second-order valence-corrected chi connectivity index (χ2v) is 5.13. The van der Waals surface area contributed by atoms with Crippen molar-refractivity contribution in [3.8, 4) is 5.88 Å². The monoisotopic (exact) mass is 249 g/mol. The van der Waals surface area contributed by atoms with Crippen LogP contribution in [0, 0.1) is 0 Å². The van der Waals surface area contributed by atoms with Crippen LogP contribution in [0.5, 0.6) is 5.88 Å². The Morgan fingerprint density at radius 3 is 3.11 bits per heavy atom. The number of hydrogen-bond donors (Lipinski definition) is 1. The van der Waals surface area contributed by atoms with Gasteiger partial charge in [-0.3, -0.25) is 0 Å². The van der Waals surface area contributed by atoms with E-state index in [1.165, 1.54) is 19.3 Å². The Balaban J connectivity index is 1.97. The molecule has 2 heterocycles. The minimum absolute atomic E-state index is 0.0437. The topological polar surface area (TPSA) is 51.4 Å².